The number of carbonyl (C=O) groups is 2. The fourth-order valence-corrected chi connectivity index (χ4v) is 5.33. The van der Waals surface area contributed by atoms with Crippen LogP contribution in [0.4, 0.5) is 5.69 Å². The van der Waals surface area contributed by atoms with Crippen molar-refractivity contribution in [2.24, 2.45) is 5.41 Å². The molecule has 1 unspecified atom stereocenters. The van der Waals surface area contributed by atoms with Crippen molar-refractivity contribution in [2.45, 2.75) is 52.6 Å². The number of carbonyl (C=O) groups excluding carboxylic acids is 2. The number of ketones is 1. The largest absolute Gasteiger partial charge is 0.489 e. The van der Waals surface area contributed by atoms with E-state index in [2.05, 4.69) is 13.8 Å². The quantitative estimate of drug-likeness (QED) is 0.419. The zero-order chi connectivity index (χ0) is 24.6. The summed E-state index contributed by atoms with van der Waals surface area (Å²) in [6, 6.07) is 25.8. The molecule has 1 atom stereocenters. The molecule has 0 N–H and O–H groups in total. The number of allylic oxidation sites excluding steroid dienone is 2. The summed E-state index contributed by atoms with van der Waals surface area (Å²) in [5, 5.41) is 0. The van der Waals surface area contributed by atoms with Crippen LogP contribution in [0.1, 0.15) is 55.7 Å². The number of amides is 1. The molecule has 1 heterocycles. The molecule has 5 rings (SSSR count). The van der Waals surface area contributed by atoms with Crippen molar-refractivity contribution in [2.75, 3.05) is 4.90 Å². The van der Waals surface area contributed by atoms with E-state index in [1.54, 1.807) is 0 Å². The number of aryl methyl sites for hydroxylation is 1. The summed E-state index contributed by atoms with van der Waals surface area (Å²) in [5.41, 5.74) is 5.47. The zero-order valence-electron chi connectivity index (χ0n) is 20.6. The first-order valence-corrected chi connectivity index (χ1v) is 12.2. The number of benzene rings is 3. The molecule has 0 saturated carbocycles. The van der Waals surface area contributed by atoms with Gasteiger partial charge in [0.15, 0.2) is 5.78 Å². The van der Waals surface area contributed by atoms with E-state index in [1.807, 2.05) is 90.7 Å². The fourth-order valence-electron chi connectivity index (χ4n) is 5.33. The molecule has 0 saturated heterocycles. The molecule has 0 bridgehead atoms. The smallest absolute Gasteiger partial charge is 0.232 e. The number of nitrogens with zero attached hydrogens (tertiary/aromatic N) is 1. The molecular formula is C31H31NO3. The summed E-state index contributed by atoms with van der Waals surface area (Å²) in [6.07, 6.45) is 1.48. The monoisotopic (exact) mass is 465 g/mol. The van der Waals surface area contributed by atoms with E-state index in [9.17, 15) is 9.59 Å². The highest BCUT2D eigenvalue weighted by molar-refractivity contribution is 6.08. The third kappa shape index (κ3) is 4.66. The second-order valence-corrected chi connectivity index (χ2v) is 10.4. The van der Waals surface area contributed by atoms with Crippen LogP contribution in [0.25, 0.3) is 0 Å². The van der Waals surface area contributed by atoms with E-state index < -0.39 is 0 Å². The van der Waals surface area contributed by atoms with Crippen LogP contribution in [0.15, 0.2) is 90.1 Å². The van der Waals surface area contributed by atoms with Gasteiger partial charge < -0.3 is 4.74 Å². The van der Waals surface area contributed by atoms with Crippen molar-refractivity contribution in [3.05, 3.63) is 107 Å². The van der Waals surface area contributed by atoms with Crippen molar-refractivity contribution in [1.82, 2.24) is 0 Å². The van der Waals surface area contributed by atoms with E-state index in [0.717, 1.165) is 39.4 Å². The molecule has 3 aromatic carbocycles. The number of hydrogen-bond acceptors (Lipinski definition) is 3. The van der Waals surface area contributed by atoms with Crippen LogP contribution in [0.3, 0.4) is 0 Å². The van der Waals surface area contributed by atoms with Crippen molar-refractivity contribution >= 4 is 17.4 Å². The first kappa shape index (κ1) is 23.1. The number of ether oxygens (including phenoxy) is 1. The first-order valence-electron chi connectivity index (χ1n) is 12.2. The molecule has 0 fully saturated rings. The van der Waals surface area contributed by atoms with Crippen LogP contribution in [0, 0.1) is 12.3 Å². The Morgan fingerprint density at radius 1 is 0.886 bits per heavy atom. The van der Waals surface area contributed by atoms with E-state index in [0.29, 0.717) is 19.4 Å². The molecule has 3 aromatic rings. The molecule has 4 heteroatoms. The van der Waals surface area contributed by atoms with E-state index in [4.69, 9.17) is 4.74 Å². The predicted molar refractivity (Wildman–Crippen MR) is 138 cm³/mol. The molecule has 178 valence electrons. The third-order valence-electron chi connectivity index (χ3n) is 7.03. The molecule has 2 aliphatic rings. The van der Waals surface area contributed by atoms with Gasteiger partial charge in [-0.25, -0.2) is 0 Å². The molecule has 35 heavy (non-hydrogen) atoms. The van der Waals surface area contributed by atoms with E-state index >= 15 is 0 Å². The summed E-state index contributed by atoms with van der Waals surface area (Å²) in [7, 11) is 0. The Labute approximate surface area is 207 Å². The maximum absolute atomic E-state index is 13.6. The first-order chi connectivity index (χ1) is 16.8. The number of rotatable bonds is 5. The fraction of sp³-hybridized carbons (Fsp3) is 0.290. The minimum atomic E-state index is -0.232. The third-order valence-corrected chi connectivity index (χ3v) is 7.03. The Morgan fingerprint density at radius 3 is 2.29 bits per heavy atom. The summed E-state index contributed by atoms with van der Waals surface area (Å²) in [4.78, 5) is 28.9. The molecule has 1 amide bonds. The second-order valence-electron chi connectivity index (χ2n) is 10.4. The van der Waals surface area contributed by atoms with Crippen LogP contribution in [0.2, 0.25) is 0 Å². The highest BCUT2D eigenvalue weighted by atomic mass is 16.5. The minimum Gasteiger partial charge on any atom is -0.489 e. The average molecular weight is 466 g/mol. The van der Waals surface area contributed by atoms with Gasteiger partial charge in [-0.15, -0.1) is 0 Å². The average Bonchev–Trinajstić information content (AvgIpc) is 2.83. The van der Waals surface area contributed by atoms with Crippen molar-refractivity contribution in [3.63, 3.8) is 0 Å². The normalized spacial score (nSPS) is 19.5. The summed E-state index contributed by atoms with van der Waals surface area (Å²) < 4.78 is 5.94. The Kier molecular flexibility index (Phi) is 6.06. The number of para-hydroxylation sites is 1. The lowest BCUT2D eigenvalue weighted by atomic mass is 9.69. The van der Waals surface area contributed by atoms with Gasteiger partial charge in [-0.3, -0.25) is 14.5 Å². The van der Waals surface area contributed by atoms with Crippen molar-refractivity contribution in [3.8, 4) is 5.75 Å². The van der Waals surface area contributed by atoms with Crippen LogP contribution >= 0.6 is 0 Å². The van der Waals surface area contributed by atoms with Crippen LogP contribution in [-0.2, 0) is 16.2 Å². The predicted octanol–water partition coefficient (Wildman–Crippen LogP) is 6.74. The highest BCUT2D eigenvalue weighted by Gasteiger charge is 2.44. The molecule has 4 nitrogen and oxygen atoms in total. The second kappa shape index (κ2) is 9.18. The number of anilines is 1. The summed E-state index contributed by atoms with van der Waals surface area (Å²) in [5.74, 6) is 0.728. The van der Waals surface area contributed by atoms with Gasteiger partial charge in [0.2, 0.25) is 5.91 Å². The van der Waals surface area contributed by atoms with E-state index in [1.165, 1.54) is 0 Å². The van der Waals surface area contributed by atoms with Gasteiger partial charge >= 0.3 is 0 Å². The lowest BCUT2D eigenvalue weighted by Crippen LogP contribution is -2.44. The maximum Gasteiger partial charge on any atom is 0.232 e. The van der Waals surface area contributed by atoms with Gasteiger partial charge in [0, 0.05) is 30.0 Å². The maximum atomic E-state index is 13.6. The molecular weight excluding hydrogens is 434 g/mol. The molecule has 1 aliphatic carbocycles. The number of Topliss-reactive ketones (excluding diaryl/α,β-unsaturated/α-hetero) is 1. The topological polar surface area (TPSA) is 46.6 Å². The number of hydrogen-bond donors (Lipinski definition) is 0. The Balaban J connectivity index is 1.49. The Bertz CT molecular complexity index is 1290. The van der Waals surface area contributed by atoms with Crippen LogP contribution < -0.4 is 9.64 Å². The summed E-state index contributed by atoms with van der Waals surface area (Å²) in [6.45, 7) is 6.73. The Morgan fingerprint density at radius 2 is 1.57 bits per heavy atom. The van der Waals surface area contributed by atoms with Gasteiger partial charge in [-0.05, 0) is 53.6 Å². The standard InChI is InChI=1S/C31H31NO3/c1-21-9-7-8-12-26(21)32-27-18-31(2,3)19-28(33)30(27)25(17-29(32)34)23-13-15-24(16-14-23)35-20-22-10-5-4-6-11-22/h4-16,25H,17-20H2,1-3H3. The van der Waals surface area contributed by atoms with Gasteiger partial charge in [0.25, 0.3) is 0 Å². The van der Waals surface area contributed by atoms with Gasteiger partial charge in [-0.2, -0.15) is 0 Å². The Hall–Kier alpha value is -3.66. The minimum absolute atomic E-state index is 0.0398. The lowest BCUT2D eigenvalue weighted by molar-refractivity contribution is -0.121. The zero-order valence-corrected chi connectivity index (χ0v) is 20.6. The van der Waals surface area contributed by atoms with Gasteiger partial charge in [0.1, 0.15) is 12.4 Å². The van der Waals surface area contributed by atoms with E-state index in [-0.39, 0.29) is 29.4 Å². The van der Waals surface area contributed by atoms with Crippen LogP contribution in [0.5, 0.6) is 5.75 Å². The lowest BCUT2D eigenvalue weighted by Gasteiger charge is -2.43. The van der Waals surface area contributed by atoms with Crippen LogP contribution in [-0.4, -0.2) is 11.7 Å². The highest BCUT2D eigenvalue weighted by Crippen LogP contribution is 2.48. The van der Waals surface area contributed by atoms with Gasteiger partial charge in [-0.1, -0.05) is 74.5 Å². The molecule has 0 spiro atoms. The van der Waals surface area contributed by atoms with Crippen molar-refractivity contribution < 1.29 is 14.3 Å². The molecule has 0 aromatic heterocycles. The SMILES string of the molecule is Cc1ccccc1N1C(=O)CC(c2ccc(OCc3ccccc3)cc2)C2=C1CC(C)(C)CC2=O. The molecule has 0 radical (unpaired) electrons. The van der Waals surface area contributed by atoms with Gasteiger partial charge in [0.05, 0.1) is 5.69 Å². The van der Waals surface area contributed by atoms with Crippen molar-refractivity contribution in [1.29, 1.82) is 0 Å². The summed E-state index contributed by atoms with van der Waals surface area (Å²) >= 11 is 0. The molecule has 1 aliphatic heterocycles.